The fraction of sp³-hybridized carbons (Fsp3) is 0.421. The number of urea groups is 1. The zero-order valence-corrected chi connectivity index (χ0v) is 15.7. The van der Waals surface area contributed by atoms with E-state index in [1.807, 2.05) is 19.1 Å². The van der Waals surface area contributed by atoms with E-state index in [2.05, 4.69) is 10.6 Å². The lowest BCUT2D eigenvalue weighted by Crippen LogP contribution is -2.50. The Bertz CT molecular complexity index is 726. The van der Waals surface area contributed by atoms with Gasteiger partial charge in [-0.25, -0.2) is 14.4 Å². The second-order valence-electron chi connectivity index (χ2n) is 5.88. The molecule has 8 heteroatoms. The first kappa shape index (κ1) is 20.3. The van der Waals surface area contributed by atoms with Crippen molar-refractivity contribution in [1.82, 2.24) is 10.6 Å². The molecule has 2 amide bonds. The fourth-order valence-corrected chi connectivity index (χ4v) is 2.55. The zero-order valence-electron chi connectivity index (χ0n) is 15.7. The van der Waals surface area contributed by atoms with Crippen LogP contribution in [-0.2, 0) is 25.5 Å². The molecule has 1 atom stereocenters. The highest BCUT2D eigenvalue weighted by molar-refractivity contribution is 5.94. The lowest BCUT2D eigenvalue weighted by molar-refractivity contribution is -0.145. The monoisotopic (exact) mass is 376 g/mol. The van der Waals surface area contributed by atoms with E-state index in [0.717, 1.165) is 6.42 Å². The van der Waals surface area contributed by atoms with Crippen LogP contribution in [0.3, 0.4) is 0 Å². The third kappa shape index (κ3) is 5.73. The second-order valence-corrected chi connectivity index (χ2v) is 5.88. The highest BCUT2D eigenvalue weighted by Crippen LogP contribution is 2.15. The Morgan fingerprint density at radius 1 is 1.11 bits per heavy atom. The normalized spacial score (nSPS) is 16.3. The van der Waals surface area contributed by atoms with E-state index in [1.165, 1.54) is 5.56 Å². The van der Waals surface area contributed by atoms with Gasteiger partial charge in [0.25, 0.3) is 0 Å². The predicted molar refractivity (Wildman–Crippen MR) is 97.1 cm³/mol. The van der Waals surface area contributed by atoms with Crippen molar-refractivity contribution < 1.29 is 28.6 Å². The Balaban J connectivity index is 1.94. The molecule has 0 unspecified atom stereocenters. The van der Waals surface area contributed by atoms with E-state index in [-0.39, 0.29) is 31.1 Å². The van der Waals surface area contributed by atoms with Gasteiger partial charge < -0.3 is 24.8 Å². The van der Waals surface area contributed by atoms with Crippen LogP contribution in [0, 0.1) is 0 Å². The molecule has 0 aromatic heterocycles. The summed E-state index contributed by atoms with van der Waals surface area (Å²) in [5.74, 6) is -0.638. The van der Waals surface area contributed by atoms with Crippen molar-refractivity contribution in [3.63, 3.8) is 0 Å². The van der Waals surface area contributed by atoms with E-state index < -0.39 is 24.0 Å². The number of aryl methyl sites for hydroxylation is 1. The first-order valence-corrected chi connectivity index (χ1v) is 8.79. The van der Waals surface area contributed by atoms with Crippen LogP contribution in [0.1, 0.15) is 26.3 Å². The van der Waals surface area contributed by atoms with Crippen LogP contribution < -0.4 is 15.4 Å². The van der Waals surface area contributed by atoms with Crippen LogP contribution >= 0.6 is 0 Å². The summed E-state index contributed by atoms with van der Waals surface area (Å²) in [6.45, 7) is 5.03. The van der Waals surface area contributed by atoms with Gasteiger partial charge in [0, 0.05) is 0 Å². The Morgan fingerprint density at radius 3 is 2.44 bits per heavy atom. The summed E-state index contributed by atoms with van der Waals surface area (Å²) < 4.78 is 15.5. The van der Waals surface area contributed by atoms with Crippen molar-refractivity contribution in [2.75, 3.05) is 19.8 Å². The molecule has 1 aromatic carbocycles. The van der Waals surface area contributed by atoms with E-state index in [1.54, 1.807) is 26.0 Å². The maximum atomic E-state index is 12.1. The minimum atomic E-state index is -0.620. The molecule has 8 nitrogen and oxygen atoms in total. The Labute approximate surface area is 157 Å². The summed E-state index contributed by atoms with van der Waals surface area (Å²) in [5, 5.41) is 5.06. The second kappa shape index (κ2) is 9.61. The van der Waals surface area contributed by atoms with Crippen LogP contribution in [0.4, 0.5) is 4.79 Å². The summed E-state index contributed by atoms with van der Waals surface area (Å²) in [7, 11) is 0. The molecular weight excluding hydrogens is 352 g/mol. The third-order valence-corrected chi connectivity index (χ3v) is 3.93. The molecule has 0 saturated heterocycles. The van der Waals surface area contributed by atoms with E-state index in [4.69, 9.17) is 14.2 Å². The Hall–Kier alpha value is -3.03. The number of ether oxygens (including phenoxy) is 3. The van der Waals surface area contributed by atoms with E-state index in [0.29, 0.717) is 5.75 Å². The smallest absolute Gasteiger partial charge is 0.344 e. The number of hydrogen-bond acceptors (Lipinski definition) is 6. The molecule has 0 bridgehead atoms. The van der Waals surface area contributed by atoms with E-state index in [9.17, 15) is 14.4 Å². The molecule has 1 aromatic rings. The summed E-state index contributed by atoms with van der Waals surface area (Å²) in [6.07, 6.45) is 0.916. The molecule has 0 aliphatic carbocycles. The minimum absolute atomic E-state index is 0.195. The number of carbonyl (C=O) groups excluding carboxylic acids is 3. The number of esters is 2. The number of carbonyl (C=O) groups is 3. The summed E-state index contributed by atoms with van der Waals surface area (Å²) in [6, 6.07) is 6.37. The van der Waals surface area contributed by atoms with Gasteiger partial charge in [0.05, 0.1) is 23.9 Å². The summed E-state index contributed by atoms with van der Waals surface area (Å²) >= 11 is 0. The van der Waals surface area contributed by atoms with Gasteiger partial charge in [0.1, 0.15) is 12.4 Å². The number of hydrogen-bond donors (Lipinski definition) is 2. The minimum Gasteiger partial charge on any atom is -0.482 e. The van der Waals surface area contributed by atoms with Gasteiger partial charge in [-0.05, 0) is 38.0 Å². The molecular formula is C19H24N2O6. The molecule has 27 heavy (non-hydrogen) atoms. The molecule has 2 rings (SSSR count). The first-order chi connectivity index (χ1) is 12.9. The zero-order chi connectivity index (χ0) is 19.8. The first-order valence-electron chi connectivity index (χ1n) is 8.79. The predicted octanol–water partition coefficient (Wildman–Crippen LogP) is 1.69. The maximum Gasteiger partial charge on any atom is 0.344 e. The van der Waals surface area contributed by atoms with Gasteiger partial charge in [0.2, 0.25) is 0 Å². The molecule has 0 fully saturated rings. The standard InChI is InChI=1S/C19H24N2O6/c1-4-13-6-8-14(9-7-13)26-11-16(22)27-10-15-17(18(23)25-5-2)12(3)20-19(24)21-15/h6-9,12H,4-5,10-11H2,1-3H3,(H2,20,21,24)/t12-/m1/s1. The number of amides is 2. The topological polar surface area (TPSA) is 103 Å². The number of benzene rings is 1. The van der Waals surface area contributed by atoms with Crippen LogP contribution in [0.2, 0.25) is 0 Å². The van der Waals surface area contributed by atoms with Gasteiger partial charge in [0.15, 0.2) is 6.61 Å². The molecule has 1 aliphatic heterocycles. The van der Waals surface area contributed by atoms with Crippen molar-refractivity contribution in [2.45, 2.75) is 33.2 Å². The summed E-state index contributed by atoms with van der Waals surface area (Å²) in [5.41, 5.74) is 1.59. The molecule has 146 valence electrons. The van der Waals surface area contributed by atoms with Crippen molar-refractivity contribution in [3.05, 3.63) is 41.1 Å². The maximum absolute atomic E-state index is 12.1. The van der Waals surface area contributed by atoms with Crippen LogP contribution in [0.15, 0.2) is 35.5 Å². The van der Waals surface area contributed by atoms with Crippen LogP contribution in [0.5, 0.6) is 5.75 Å². The molecule has 1 heterocycles. The average molecular weight is 376 g/mol. The van der Waals surface area contributed by atoms with Crippen molar-refractivity contribution in [1.29, 1.82) is 0 Å². The molecule has 0 spiro atoms. The lowest BCUT2D eigenvalue weighted by Gasteiger charge is -2.26. The SMILES string of the molecule is CCOC(=O)C1=C(COC(=O)COc2ccc(CC)cc2)NC(=O)N[C@@H]1C. The van der Waals surface area contributed by atoms with Crippen molar-refractivity contribution >= 4 is 18.0 Å². The number of nitrogens with one attached hydrogen (secondary N) is 2. The van der Waals surface area contributed by atoms with Gasteiger partial charge in [-0.15, -0.1) is 0 Å². The largest absolute Gasteiger partial charge is 0.482 e. The van der Waals surface area contributed by atoms with Crippen molar-refractivity contribution in [3.8, 4) is 5.75 Å². The molecule has 0 radical (unpaired) electrons. The highest BCUT2D eigenvalue weighted by Gasteiger charge is 2.30. The van der Waals surface area contributed by atoms with Crippen LogP contribution in [0.25, 0.3) is 0 Å². The van der Waals surface area contributed by atoms with E-state index >= 15 is 0 Å². The molecule has 2 N–H and O–H groups in total. The van der Waals surface area contributed by atoms with Gasteiger partial charge >= 0.3 is 18.0 Å². The lowest BCUT2D eigenvalue weighted by atomic mass is 10.0. The van der Waals surface area contributed by atoms with Gasteiger partial charge in [-0.2, -0.15) is 0 Å². The van der Waals surface area contributed by atoms with Gasteiger partial charge in [-0.1, -0.05) is 19.1 Å². The number of rotatable bonds is 8. The van der Waals surface area contributed by atoms with Crippen molar-refractivity contribution in [2.24, 2.45) is 0 Å². The average Bonchev–Trinajstić information content (AvgIpc) is 2.64. The molecule has 0 saturated carbocycles. The Morgan fingerprint density at radius 2 is 1.81 bits per heavy atom. The summed E-state index contributed by atoms with van der Waals surface area (Å²) in [4.78, 5) is 35.7. The van der Waals surface area contributed by atoms with Crippen LogP contribution in [-0.4, -0.2) is 43.8 Å². The highest BCUT2D eigenvalue weighted by atomic mass is 16.6. The quantitative estimate of drug-likeness (QED) is 0.670. The Kier molecular flexibility index (Phi) is 7.22. The van der Waals surface area contributed by atoms with Gasteiger partial charge in [-0.3, -0.25) is 0 Å². The third-order valence-electron chi connectivity index (χ3n) is 3.93. The fourth-order valence-electron chi connectivity index (χ4n) is 2.55. The molecule has 1 aliphatic rings.